The molecular formula is C31H40ClF2N3O2. The number of rotatable bonds is 6. The maximum absolute atomic E-state index is 14.9. The highest BCUT2D eigenvalue weighted by Crippen LogP contribution is 2.40. The van der Waals surface area contributed by atoms with Crippen molar-refractivity contribution in [1.29, 1.82) is 0 Å². The van der Waals surface area contributed by atoms with Crippen molar-refractivity contribution >= 4 is 23.4 Å². The minimum atomic E-state index is -0.614. The largest absolute Gasteiger partial charge is 0.350 e. The lowest BCUT2D eigenvalue weighted by molar-refractivity contribution is -0.136. The van der Waals surface area contributed by atoms with E-state index in [0.29, 0.717) is 36.8 Å². The summed E-state index contributed by atoms with van der Waals surface area (Å²) in [5, 5.41) is 3.67. The van der Waals surface area contributed by atoms with Gasteiger partial charge in [0.2, 0.25) is 11.8 Å². The van der Waals surface area contributed by atoms with Gasteiger partial charge in [0.05, 0.1) is 12.0 Å². The number of hydrogen-bond acceptors (Lipinski definition) is 3. The van der Waals surface area contributed by atoms with Crippen LogP contribution in [0.1, 0.15) is 88.4 Å². The van der Waals surface area contributed by atoms with Gasteiger partial charge in [0.1, 0.15) is 11.6 Å². The molecule has 2 heterocycles. The van der Waals surface area contributed by atoms with Gasteiger partial charge in [-0.15, -0.1) is 0 Å². The number of nitrogens with zero attached hydrogens (tertiary/aromatic N) is 2. The summed E-state index contributed by atoms with van der Waals surface area (Å²) in [6.45, 7) is 12.1. The van der Waals surface area contributed by atoms with Crippen molar-refractivity contribution in [3.63, 3.8) is 0 Å². The summed E-state index contributed by atoms with van der Waals surface area (Å²) in [5.74, 6) is -1.73. The Morgan fingerprint density at radius 2 is 1.72 bits per heavy atom. The van der Waals surface area contributed by atoms with E-state index in [1.165, 1.54) is 19.1 Å². The molecule has 2 aliphatic heterocycles. The maximum atomic E-state index is 14.9. The molecule has 2 saturated heterocycles. The van der Waals surface area contributed by atoms with Gasteiger partial charge >= 0.3 is 0 Å². The number of hydrogen-bond donors (Lipinski definition) is 1. The molecule has 39 heavy (non-hydrogen) atoms. The predicted octanol–water partition coefficient (Wildman–Crippen LogP) is 6.43. The van der Waals surface area contributed by atoms with Crippen molar-refractivity contribution in [3.05, 3.63) is 69.7 Å². The summed E-state index contributed by atoms with van der Waals surface area (Å²) >= 11 is 6.34. The molecule has 2 fully saturated rings. The van der Waals surface area contributed by atoms with Gasteiger partial charge in [0.15, 0.2) is 0 Å². The molecule has 0 radical (unpaired) electrons. The molecule has 212 valence electrons. The Morgan fingerprint density at radius 1 is 1.05 bits per heavy atom. The zero-order valence-electron chi connectivity index (χ0n) is 23.6. The summed E-state index contributed by atoms with van der Waals surface area (Å²) in [6.07, 6.45) is 2.34. The van der Waals surface area contributed by atoms with Crippen LogP contribution in [-0.4, -0.2) is 53.3 Å². The molecule has 1 N–H and O–H groups in total. The number of carbonyl (C=O) groups is 2. The lowest BCUT2D eigenvalue weighted by atomic mass is 9.83. The molecule has 2 aromatic carbocycles. The summed E-state index contributed by atoms with van der Waals surface area (Å²) in [4.78, 5) is 29.9. The highest BCUT2D eigenvalue weighted by molar-refractivity contribution is 6.30. The fourth-order valence-corrected chi connectivity index (χ4v) is 6.41. The molecule has 0 spiro atoms. The van der Waals surface area contributed by atoms with Crippen molar-refractivity contribution in [2.24, 2.45) is 5.92 Å². The van der Waals surface area contributed by atoms with E-state index in [4.69, 9.17) is 11.6 Å². The predicted molar refractivity (Wildman–Crippen MR) is 151 cm³/mol. The van der Waals surface area contributed by atoms with E-state index < -0.39 is 17.6 Å². The van der Waals surface area contributed by atoms with E-state index in [-0.39, 0.29) is 35.2 Å². The van der Waals surface area contributed by atoms with Gasteiger partial charge < -0.3 is 10.2 Å². The average Bonchev–Trinajstić information content (AvgIpc) is 3.33. The van der Waals surface area contributed by atoms with E-state index in [2.05, 4.69) is 37.1 Å². The zero-order chi connectivity index (χ0) is 28.5. The van der Waals surface area contributed by atoms with Crippen LogP contribution in [0, 0.1) is 17.6 Å². The van der Waals surface area contributed by atoms with E-state index in [1.807, 2.05) is 24.0 Å². The van der Waals surface area contributed by atoms with Crippen LogP contribution in [0.5, 0.6) is 0 Å². The third kappa shape index (κ3) is 6.63. The number of amides is 2. The Labute approximate surface area is 235 Å². The monoisotopic (exact) mass is 559 g/mol. The van der Waals surface area contributed by atoms with Crippen molar-refractivity contribution in [2.75, 3.05) is 26.2 Å². The fraction of sp³-hybridized carbons (Fsp3) is 0.548. The standard InChI is InChI=1S/C31H40ClF2N3O2/c1-6-29(35-19(2)38)25-15-21(32)7-9-23(25)20-11-13-36(14-12-20)30(39)27-18-37(31(3,4)5)17-26(27)24-10-8-22(33)16-28(24)34/h7-10,15-16,20,26-27,29H,6,11-14,17-18H2,1-5H3,(H,35,38)/t26?,27-,29?/m1/s1. The van der Waals surface area contributed by atoms with Gasteiger partial charge in [-0.3, -0.25) is 14.5 Å². The number of likely N-dealkylation sites (tertiary alicyclic amines) is 2. The fourth-order valence-electron chi connectivity index (χ4n) is 6.23. The highest BCUT2D eigenvalue weighted by Gasteiger charge is 2.44. The Bertz CT molecular complexity index is 1210. The lowest BCUT2D eigenvalue weighted by Crippen LogP contribution is -2.44. The average molecular weight is 560 g/mol. The van der Waals surface area contributed by atoms with E-state index in [0.717, 1.165) is 36.5 Å². The zero-order valence-corrected chi connectivity index (χ0v) is 24.3. The third-order valence-corrected chi connectivity index (χ3v) is 8.64. The van der Waals surface area contributed by atoms with Crippen molar-refractivity contribution in [1.82, 2.24) is 15.1 Å². The molecule has 0 aromatic heterocycles. The van der Waals surface area contributed by atoms with Crippen LogP contribution in [0.2, 0.25) is 5.02 Å². The van der Waals surface area contributed by atoms with E-state index in [9.17, 15) is 18.4 Å². The van der Waals surface area contributed by atoms with Crippen LogP contribution >= 0.6 is 11.6 Å². The smallest absolute Gasteiger partial charge is 0.227 e. The second kappa shape index (κ2) is 11.9. The summed E-state index contributed by atoms with van der Waals surface area (Å²) in [5.41, 5.74) is 2.43. The van der Waals surface area contributed by atoms with Crippen LogP contribution < -0.4 is 5.32 Å². The van der Waals surface area contributed by atoms with Gasteiger partial charge in [-0.2, -0.15) is 0 Å². The molecule has 3 atom stereocenters. The summed E-state index contributed by atoms with van der Waals surface area (Å²) < 4.78 is 28.5. The Kier molecular flexibility index (Phi) is 9.01. The molecule has 2 unspecified atom stereocenters. The van der Waals surface area contributed by atoms with Gasteiger partial charge in [0.25, 0.3) is 0 Å². The van der Waals surface area contributed by atoms with Crippen LogP contribution in [0.3, 0.4) is 0 Å². The number of piperidine rings is 1. The normalized spacial score (nSPS) is 21.7. The Hall–Kier alpha value is -2.51. The first kappa shape index (κ1) is 29.5. The SMILES string of the molecule is CCC(NC(C)=O)c1cc(Cl)ccc1C1CCN(C(=O)[C@@H]2CN(C(C)(C)C)CC2c2ccc(F)cc2F)CC1. The van der Waals surface area contributed by atoms with Crippen LogP contribution in [0.15, 0.2) is 36.4 Å². The molecule has 0 bridgehead atoms. The van der Waals surface area contributed by atoms with E-state index >= 15 is 0 Å². The van der Waals surface area contributed by atoms with Gasteiger partial charge in [-0.25, -0.2) is 8.78 Å². The molecular weight excluding hydrogens is 520 g/mol. The first-order valence-corrected chi connectivity index (χ1v) is 14.3. The molecule has 2 aromatic rings. The minimum absolute atomic E-state index is 0.0370. The Morgan fingerprint density at radius 3 is 2.31 bits per heavy atom. The topological polar surface area (TPSA) is 52.7 Å². The molecule has 0 saturated carbocycles. The van der Waals surface area contributed by atoms with Crippen LogP contribution in [0.25, 0.3) is 0 Å². The lowest BCUT2D eigenvalue weighted by Gasteiger charge is -2.36. The van der Waals surface area contributed by atoms with Gasteiger partial charge in [-0.1, -0.05) is 30.7 Å². The molecule has 2 aliphatic rings. The Balaban J connectivity index is 1.52. The quantitative estimate of drug-likeness (QED) is 0.444. The second-order valence-corrected chi connectivity index (χ2v) is 12.4. The first-order valence-electron chi connectivity index (χ1n) is 13.9. The van der Waals surface area contributed by atoms with Crippen molar-refractivity contribution in [3.8, 4) is 0 Å². The third-order valence-electron chi connectivity index (χ3n) is 8.40. The number of halogens is 3. The second-order valence-electron chi connectivity index (χ2n) is 12.0. The van der Waals surface area contributed by atoms with Gasteiger partial charge in [0, 0.05) is 55.6 Å². The number of benzene rings is 2. The van der Waals surface area contributed by atoms with Crippen molar-refractivity contribution in [2.45, 2.75) is 77.3 Å². The first-order chi connectivity index (χ1) is 18.4. The minimum Gasteiger partial charge on any atom is -0.350 e. The van der Waals surface area contributed by atoms with E-state index in [1.54, 1.807) is 0 Å². The summed E-state index contributed by atoms with van der Waals surface area (Å²) in [6, 6.07) is 9.45. The van der Waals surface area contributed by atoms with Crippen LogP contribution in [-0.2, 0) is 9.59 Å². The van der Waals surface area contributed by atoms with Crippen LogP contribution in [0.4, 0.5) is 8.78 Å². The number of nitrogens with one attached hydrogen (secondary N) is 1. The molecule has 2 amide bonds. The highest BCUT2D eigenvalue weighted by atomic mass is 35.5. The molecule has 5 nitrogen and oxygen atoms in total. The molecule has 4 rings (SSSR count). The molecule has 8 heteroatoms. The maximum Gasteiger partial charge on any atom is 0.227 e. The molecule has 0 aliphatic carbocycles. The summed E-state index contributed by atoms with van der Waals surface area (Å²) in [7, 11) is 0. The van der Waals surface area contributed by atoms with Gasteiger partial charge in [-0.05, 0) is 80.8 Å². The number of carbonyl (C=O) groups excluding carboxylic acids is 2. The van der Waals surface area contributed by atoms with Crippen molar-refractivity contribution < 1.29 is 18.4 Å².